The molecule has 1 unspecified atom stereocenters. The van der Waals surface area contributed by atoms with E-state index in [1.807, 2.05) is 29.1 Å². The van der Waals surface area contributed by atoms with Crippen LogP contribution in [0.5, 0.6) is 0 Å². The van der Waals surface area contributed by atoms with Gasteiger partial charge in [0.05, 0.1) is 18.4 Å². The summed E-state index contributed by atoms with van der Waals surface area (Å²) in [5.74, 6) is 1.16. The lowest BCUT2D eigenvalue weighted by Gasteiger charge is -2.27. The molecule has 0 radical (unpaired) electrons. The maximum absolute atomic E-state index is 12.3. The molecule has 0 aliphatic carbocycles. The summed E-state index contributed by atoms with van der Waals surface area (Å²) < 4.78 is 1.85. The summed E-state index contributed by atoms with van der Waals surface area (Å²) >= 11 is 0. The number of hydrogen-bond donors (Lipinski definition) is 2. The summed E-state index contributed by atoms with van der Waals surface area (Å²) in [5, 5.41) is 10.7. The standard InChI is InChI=1S/C19H26N4O/c1-15(17-7-9-20-10-8-17)11-19(24)22-18-12-21-23(14-18)13-16-5-3-2-4-6-16/h2-6,12,14-15,17,20H,7-11,13H2,1H3,(H,22,24). The van der Waals surface area contributed by atoms with Gasteiger partial charge in [0.2, 0.25) is 5.91 Å². The van der Waals surface area contributed by atoms with Gasteiger partial charge in [-0.05, 0) is 43.3 Å². The van der Waals surface area contributed by atoms with E-state index < -0.39 is 0 Å². The third kappa shape index (κ3) is 4.68. The molecule has 1 amide bonds. The Bertz CT molecular complexity index is 646. The van der Waals surface area contributed by atoms with Gasteiger partial charge >= 0.3 is 0 Å². The fourth-order valence-corrected chi connectivity index (χ4v) is 3.37. The van der Waals surface area contributed by atoms with Gasteiger partial charge < -0.3 is 10.6 Å². The molecule has 5 nitrogen and oxygen atoms in total. The Kier molecular flexibility index (Phi) is 5.64. The molecule has 24 heavy (non-hydrogen) atoms. The van der Waals surface area contributed by atoms with E-state index in [0.717, 1.165) is 18.8 Å². The van der Waals surface area contributed by atoms with Crippen LogP contribution < -0.4 is 10.6 Å². The van der Waals surface area contributed by atoms with Crippen molar-refractivity contribution in [3.8, 4) is 0 Å². The molecule has 2 N–H and O–H groups in total. The van der Waals surface area contributed by atoms with Gasteiger partial charge in [-0.3, -0.25) is 9.48 Å². The predicted octanol–water partition coefficient (Wildman–Crippen LogP) is 2.90. The van der Waals surface area contributed by atoms with Crippen LogP contribution in [0, 0.1) is 11.8 Å². The van der Waals surface area contributed by atoms with Crippen LogP contribution in [0.3, 0.4) is 0 Å². The second-order valence-corrected chi connectivity index (χ2v) is 6.73. The molecule has 3 rings (SSSR count). The first-order valence-corrected chi connectivity index (χ1v) is 8.77. The fraction of sp³-hybridized carbons (Fsp3) is 0.474. The Hall–Kier alpha value is -2.14. The number of nitrogens with zero attached hydrogens (tertiary/aromatic N) is 2. The largest absolute Gasteiger partial charge is 0.323 e. The van der Waals surface area contributed by atoms with Crippen molar-refractivity contribution >= 4 is 11.6 Å². The van der Waals surface area contributed by atoms with Crippen LogP contribution in [-0.2, 0) is 11.3 Å². The number of aromatic nitrogens is 2. The first kappa shape index (κ1) is 16.7. The highest BCUT2D eigenvalue weighted by molar-refractivity contribution is 5.90. The van der Waals surface area contributed by atoms with Gasteiger partial charge in [0.1, 0.15) is 0 Å². The lowest BCUT2D eigenvalue weighted by molar-refractivity contribution is -0.117. The zero-order chi connectivity index (χ0) is 16.8. The highest BCUT2D eigenvalue weighted by Gasteiger charge is 2.22. The van der Waals surface area contributed by atoms with Crippen LogP contribution in [0.2, 0.25) is 0 Å². The van der Waals surface area contributed by atoms with Crippen LogP contribution in [0.15, 0.2) is 42.7 Å². The van der Waals surface area contributed by atoms with Gasteiger partial charge in [-0.15, -0.1) is 0 Å². The number of amides is 1. The van der Waals surface area contributed by atoms with Gasteiger partial charge in [0, 0.05) is 12.6 Å². The third-order valence-electron chi connectivity index (χ3n) is 4.80. The van der Waals surface area contributed by atoms with E-state index in [2.05, 4.69) is 34.8 Å². The van der Waals surface area contributed by atoms with Crippen molar-refractivity contribution in [2.24, 2.45) is 11.8 Å². The van der Waals surface area contributed by atoms with Gasteiger partial charge in [-0.2, -0.15) is 5.10 Å². The number of rotatable bonds is 6. The van der Waals surface area contributed by atoms with E-state index in [-0.39, 0.29) is 5.91 Å². The molecule has 0 bridgehead atoms. The lowest BCUT2D eigenvalue weighted by atomic mass is 9.84. The molecule has 128 valence electrons. The SMILES string of the molecule is CC(CC(=O)Nc1cnn(Cc2ccccc2)c1)C1CCNCC1. The third-order valence-corrected chi connectivity index (χ3v) is 4.80. The number of carbonyl (C=O) groups is 1. The smallest absolute Gasteiger partial charge is 0.224 e. The Morgan fingerprint density at radius 2 is 2.08 bits per heavy atom. The normalized spacial score (nSPS) is 16.7. The van der Waals surface area contributed by atoms with Crippen LogP contribution >= 0.6 is 0 Å². The van der Waals surface area contributed by atoms with Gasteiger partial charge in [-0.25, -0.2) is 0 Å². The quantitative estimate of drug-likeness (QED) is 0.858. The number of benzene rings is 1. The van der Waals surface area contributed by atoms with Gasteiger partial charge in [0.15, 0.2) is 0 Å². The maximum Gasteiger partial charge on any atom is 0.224 e. The molecule has 1 aliphatic heterocycles. The Balaban J connectivity index is 1.49. The zero-order valence-corrected chi connectivity index (χ0v) is 14.2. The lowest BCUT2D eigenvalue weighted by Crippen LogP contribution is -2.32. The summed E-state index contributed by atoms with van der Waals surface area (Å²) in [4.78, 5) is 12.3. The second-order valence-electron chi connectivity index (χ2n) is 6.73. The van der Waals surface area contributed by atoms with Crippen molar-refractivity contribution in [1.82, 2.24) is 15.1 Å². The van der Waals surface area contributed by atoms with E-state index in [4.69, 9.17) is 0 Å². The van der Waals surface area contributed by atoms with Crippen LogP contribution in [0.25, 0.3) is 0 Å². The molecule has 1 aromatic carbocycles. The summed E-state index contributed by atoms with van der Waals surface area (Å²) in [6.45, 7) is 5.04. The number of anilines is 1. The molecule has 2 aromatic rings. The maximum atomic E-state index is 12.3. The Morgan fingerprint density at radius 3 is 2.83 bits per heavy atom. The highest BCUT2D eigenvalue weighted by Crippen LogP contribution is 2.24. The van der Waals surface area contributed by atoms with Gasteiger partial charge in [0.25, 0.3) is 0 Å². The van der Waals surface area contributed by atoms with E-state index >= 15 is 0 Å². The van der Waals surface area contributed by atoms with Gasteiger partial charge in [-0.1, -0.05) is 37.3 Å². The first-order valence-electron chi connectivity index (χ1n) is 8.77. The minimum atomic E-state index is 0.0836. The van der Waals surface area contributed by atoms with Crippen LogP contribution in [0.1, 0.15) is 31.7 Å². The van der Waals surface area contributed by atoms with Crippen LogP contribution in [-0.4, -0.2) is 28.8 Å². The van der Waals surface area contributed by atoms with Crippen molar-refractivity contribution in [3.05, 3.63) is 48.3 Å². The van der Waals surface area contributed by atoms with Crippen molar-refractivity contribution < 1.29 is 4.79 Å². The van der Waals surface area contributed by atoms with Crippen molar-refractivity contribution in [2.45, 2.75) is 32.7 Å². The van der Waals surface area contributed by atoms with Crippen molar-refractivity contribution in [3.63, 3.8) is 0 Å². The molecule has 0 spiro atoms. The Labute approximate surface area is 143 Å². The van der Waals surface area contributed by atoms with Crippen LogP contribution in [0.4, 0.5) is 5.69 Å². The van der Waals surface area contributed by atoms with E-state index in [0.29, 0.717) is 24.8 Å². The summed E-state index contributed by atoms with van der Waals surface area (Å²) in [6.07, 6.45) is 6.53. The zero-order valence-electron chi connectivity index (χ0n) is 14.2. The first-order chi connectivity index (χ1) is 11.7. The monoisotopic (exact) mass is 326 g/mol. The molecule has 1 aromatic heterocycles. The summed E-state index contributed by atoms with van der Waals surface area (Å²) in [5.41, 5.74) is 1.96. The van der Waals surface area contributed by atoms with E-state index in [9.17, 15) is 4.79 Å². The topological polar surface area (TPSA) is 59.0 Å². The molecule has 1 aliphatic rings. The molecule has 5 heteroatoms. The molecular formula is C19H26N4O. The molecule has 1 fully saturated rings. The molecule has 2 heterocycles. The molecule has 0 saturated carbocycles. The van der Waals surface area contributed by atoms with Crippen molar-refractivity contribution in [2.75, 3.05) is 18.4 Å². The Morgan fingerprint density at radius 1 is 1.33 bits per heavy atom. The summed E-state index contributed by atoms with van der Waals surface area (Å²) in [7, 11) is 0. The minimum absolute atomic E-state index is 0.0836. The average molecular weight is 326 g/mol. The minimum Gasteiger partial charge on any atom is -0.323 e. The van der Waals surface area contributed by atoms with E-state index in [1.54, 1.807) is 6.20 Å². The number of hydrogen-bond acceptors (Lipinski definition) is 3. The number of nitrogens with one attached hydrogen (secondary N) is 2. The molecule has 1 atom stereocenters. The fourth-order valence-electron chi connectivity index (χ4n) is 3.37. The second kappa shape index (κ2) is 8.11. The van der Waals surface area contributed by atoms with Crippen molar-refractivity contribution in [1.29, 1.82) is 0 Å². The average Bonchev–Trinajstić information content (AvgIpc) is 3.03. The highest BCUT2D eigenvalue weighted by atomic mass is 16.1. The molecular weight excluding hydrogens is 300 g/mol. The summed E-state index contributed by atoms with van der Waals surface area (Å²) in [6, 6.07) is 10.2. The molecule has 1 saturated heterocycles. The van der Waals surface area contributed by atoms with E-state index in [1.165, 1.54) is 18.4 Å². The number of carbonyl (C=O) groups excluding carboxylic acids is 1. The number of piperidine rings is 1. The predicted molar refractivity (Wildman–Crippen MR) is 95.8 cm³/mol.